The van der Waals surface area contributed by atoms with Crippen molar-refractivity contribution in [2.45, 2.75) is 32.7 Å². The Hall–Kier alpha value is -2.65. The first-order valence-electron chi connectivity index (χ1n) is 11.0. The van der Waals surface area contributed by atoms with Gasteiger partial charge in [0.2, 0.25) is 11.8 Å². The summed E-state index contributed by atoms with van der Waals surface area (Å²) in [4.78, 5) is 35.3. The molecule has 2 amide bonds. The molecule has 0 aliphatic carbocycles. The third-order valence-corrected chi connectivity index (χ3v) is 7.19. The SMILES string of the molecule is CCN1CCc2nc(NC(=O)[C@@H]3CC(=O)N(CCc4ccc(OC)c(OC)c4)C3)sc2C1. The highest BCUT2D eigenvalue weighted by Crippen LogP contribution is 2.30. The number of nitrogens with one attached hydrogen (secondary N) is 1. The Bertz CT molecular complexity index is 992. The molecule has 4 rings (SSSR count). The molecule has 32 heavy (non-hydrogen) atoms. The molecule has 1 N–H and O–H groups in total. The number of nitrogens with zero attached hydrogens (tertiary/aromatic N) is 3. The molecule has 1 saturated heterocycles. The smallest absolute Gasteiger partial charge is 0.231 e. The summed E-state index contributed by atoms with van der Waals surface area (Å²) in [6, 6.07) is 5.76. The predicted octanol–water partition coefficient (Wildman–Crippen LogP) is 2.57. The Morgan fingerprint density at radius 2 is 2.09 bits per heavy atom. The average molecular weight is 459 g/mol. The van der Waals surface area contributed by atoms with Crippen LogP contribution in [0.25, 0.3) is 0 Å². The van der Waals surface area contributed by atoms with Crippen LogP contribution < -0.4 is 14.8 Å². The fourth-order valence-corrected chi connectivity index (χ4v) is 5.30. The van der Waals surface area contributed by atoms with Gasteiger partial charge in [0.15, 0.2) is 16.6 Å². The zero-order valence-corrected chi connectivity index (χ0v) is 19.7. The minimum absolute atomic E-state index is 0.0163. The quantitative estimate of drug-likeness (QED) is 0.655. The van der Waals surface area contributed by atoms with Crippen molar-refractivity contribution in [1.82, 2.24) is 14.8 Å². The molecule has 0 bridgehead atoms. The zero-order chi connectivity index (χ0) is 22.7. The van der Waals surface area contributed by atoms with Gasteiger partial charge in [-0.15, -0.1) is 11.3 Å². The number of aromatic nitrogens is 1. The van der Waals surface area contributed by atoms with E-state index in [-0.39, 0.29) is 24.2 Å². The fraction of sp³-hybridized carbons (Fsp3) is 0.522. The highest BCUT2D eigenvalue weighted by Gasteiger charge is 2.34. The molecule has 0 radical (unpaired) electrons. The first kappa shape index (κ1) is 22.5. The number of rotatable bonds is 8. The van der Waals surface area contributed by atoms with Gasteiger partial charge in [0, 0.05) is 43.9 Å². The minimum atomic E-state index is -0.346. The maximum atomic E-state index is 12.8. The summed E-state index contributed by atoms with van der Waals surface area (Å²) in [6.07, 6.45) is 1.85. The molecular formula is C23H30N4O4S. The third-order valence-electron chi connectivity index (χ3n) is 6.19. The molecule has 172 valence electrons. The molecule has 0 unspecified atom stereocenters. The normalized spacial score (nSPS) is 18.5. The molecule has 1 aromatic carbocycles. The van der Waals surface area contributed by atoms with Gasteiger partial charge in [-0.25, -0.2) is 4.98 Å². The van der Waals surface area contributed by atoms with Crippen molar-refractivity contribution in [3.8, 4) is 11.5 Å². The van der Waals surface area contributed by atoms with E-state index in [2.05, 4.69) is 22.1 Å². The van der Waals surface area contributed by atoms with Crippen LogP contribution in [0.15, 0.2) is 18.2 Å². The lowest BCUT2D eigenvalue weighted by atomic mass is 10.1. The molecule has 0 saturated carbocycles. The van der Waals surface area contributed by atoms with E-state index in [1.54, 1.807) is 30.5 Å². The van der Waals surface area contributed by atoms with Crippen molar-refractivity contribution < 1.29 is 19.1 Å². The summed E-state index contributed by atoms with van der Waals surface area (Å²) in [5.74, 6) is 0.897. The van der Waals surface area contributed by atoms with E-state index in [1.807, 2.05) is 18.2 Å². The molecular weight excluding hydrogens is 428 g/mol. The summed E-state index contributed by atoms with van der Waals surface area (Å²) in [5.41, 5.74) is 2.15. The van der Waals surface area contributed by atoms with Crippen LogP contribution in [0.4, 0.5) is 5.13 Å². The van der Waals surface area contributed by atoms with Crippen molar-refractivity contribution in [2.24, 2.45) is 5.92 Å². The number of anilines is 1. The average Bonchev–Trinajstić information content (AvgIpc) is 3.39. The first-order chi connectivity index (χ1) is 15.5. The van der Waals surface area contributed by atoms with Gasteiger partial charge in [-0.1, -0.05) is 13.0 Å². The van der Waals surface area contributed by atoms with Crippen molar-refractivity contribution in [2.75, 3.05) is 45.7 Å². The Morgan fingerprint density at radius 1 is 1.28 bits per heavy atom. The van der Waals surface area contributed by atoms with E-state index in [1.165, 1.54) is 4.88 Å². The number of amides is 2. The van der Waals surface area contributed by atoms with Crippen LogP contribution in [0.3, 0.4) is 0 Å². The van der Waals surface area contributed by atoms with Crippen LogP contribution >= 0.6 is 11.3 Å². The lowest BCUT2D eigenvalue weighted by Crippen LogP contribution is -2.30. The number of methoxy groups -OCH3 is 2. The Labute approximate surface area is 192 Å². The minimum Gasteiger partial charge on any atom is -0.493 e. The van der Waals surface area contributed by atoms with E-state index in [4.69, 9.17) is 9.47 Å². The summed E-state index contributed by atoms with van der Waals surface area (Å²) >= 11 is 1.55. The van der Waals surface area contributed by atoms with E-state index in [0.717, 1.165) is 37.3 Å². The van der Waals surface area contributed by atoms with Gasteiger partial charge in [-0.2, -0.15) is 0 Å². The van der Waals surface area contributed by atoms with E-state index < -0.39 is 0 Å². The number of hydrogen-bond donors (Lipinski definition) is 1. The molecule has 2 aliphatic heterocycles. The number of thiazole rings is 1. The van der Waals surface area contributed by atoms with Crippen LogP contribution in [-0.2, 0) is 29.0 Å². The van der Waals surface area contributed by atoms with Crippen LogP contribution in [0.5, 0.6) is 11.5 Å². The maximum Gasteiger partial charge on any atom is 0.231 e. The van der Waals surface area contributed by atoms with Gasteiger partial charge < -0.3 is 19.7 Å². The lowest BCUT2D eigenvalue weighted by Gasteiger charge is -2.23. The Kier molecular flexibility index (Phi) is 6.95. The van der Waals surface area contributed by atoms with Crippen LogP contribution in [0.2, 0.25) is 0 Å². The van der Waals surface area contributed by atoms with E-state index in [9.17, 15) is 9.59 Å². The van der Waals surface area contributed by atoms with Crippen molar-refractivity contribution in [3.63, 3.8) is 0 Å². The van der Waals surface area contributed by atoms with Gasteiger partial charge in [-0.05, 0) is 30.7 Å². The van der Waals surface area contributed by atoms with Crippen LogP contribution in [-0.4, -0.2) is 67.0 Å². The summed E-state index contributed by atoms with van der Waals surface area (Å²) in [5, 5.41) is 3.60. The monoisotopic (exact) mass is 458 g/mol. The molecule has 0 spiro atoms. The van der Waals surface area contributed by atoms with Crippen molar-refractivity contribution in [3.05, 3.63) is 34.3 Å². The van der Waals surface area contributed by atoms with E-state index >= 15 is 0 Å². The molecule has 2 aliphatic rings. The highest BCUT2D eigenvalue weighted by atomic mass is 32.1. The molecule has 8 nitrogen and oxygen atoms in total. The molecule has 1 fully saturated rings. The predicted molar refractivity (Wildman–Crippen MR) is 123 cm³/mol. The van der Waals surface area contributed by atoms with E-state index in [0.29, 0.717) is 36.1 Å². The standard InChI is InChI=1S/C23H30N4O4S/c1-4-26-9-8-17-20(14-26)32-23(24-17)25-22(29)16-12-21(28)27(13-16)10-7-15-5-6-18(30-2)19(11-15)31-3/h5-6,11,16H,4,7-10,12-14H2,1-3H3,(H,24,25,29)/t16-/m1/s1. The van der Waals surface area contributed by atoms with Gasteiger partial charge in [-0.3, -0.25) is 14.5 Å². The number of carbonyl (C=O) groups excluding carboxylic acids is 2. The Balaban J connectivity index is 1.32. The van der Waals surface area contributed by atoms with Crippen molar-refractivity contribution >= 4 is 28.3 Å². The largest absolute Gasteiger partial charge is 0.493 e. The second-order valence-corrected chi connectivity index (χ2v) is 9.26. The molecule has 1 aromatic heterocycles. The highest BCUT2D eigenvalue weighted by molar-refractivity contribution is 7.15. The van der Waals surface area contributed by atoms with Gasteiger partial charge in [0.05, 0.1) is 25.8 Å². The Morgan fingerprint density at radius 3 is 2.84 bits per heavy atom. The molecule has 1 atom stereocenters. The number of likely N-dealkylation sites (tertiary alicyclic amines) is 1. The number of likely N-dealkylation sites (N-methyl/N-ethyl adjacent to an activating group) is 1. The maximum absolute atomic E-state index is 12.8. The fourth-order valence-electron chi connectivity index (χ4n) is 4.24. The summed E-state index contributed by atoms with van der Waals surface area (Å²) in [6.45, 7) is 6.08. The number of carbonyl (C=O) groups is 2. The van der Waals surface area contributed by atoms with Gasteiger partial charge in [0.25, 0.3) is 0 Å². The summed E-state index contributed by atoms with van der Waals surface area (Å²) < 4.78 is 10.6. The van der Waals surface area contributed by atoms with Crippen LogP contribution in [0.1, 0.15) is 29.5 Å². The second-order valence-electron chi connectivity index (χ2n) is 8.18. The zero-order valence-electron chi connectivity index (χ0n) is 18.8. The first-order valence-corrected chi connectivity index (χ1v) is 11.8. The lowest BCUT2D eigenvalue weighted by molar-refractivity contribution is -0.128. The van der Waals surface area contributed by atoms with Crippen molar-refractivity contribution in [1.29, 1.82) is 0 Å². The molecule has 3 heterocycles. The number of benzene rings is 1. The topological polar surface area (TPSA) is 84.0 Å². The van der Waals surface area contributed by atoms with Crippen LogP contribution in [0, 0.1) is 5.92 Å². The van der Waals surface area contributed by atoms with Gasteiger partial charge in [0.1, 0.15) is 0 Å². The van der Waals surface area contributed by atoms with Gasteiger partial charge >= 0.3 is 0 Å². The molecule has 2 aromatic rings. The number of hydrogen-bond acceptors (Lipinski definition) is 7. The number of fused-ring (bicyclic) bond motifs is 1. The third kappa shape index (κ3) is 4.88. The number of ether oxygens (including phenoxy) is 2. The second kappa shape index (κ2) is 9.87. The summed E-state index contributed by atoms with van der Waals surface area (Å²) in [7, 11) is 3.21. The molecule has 9 heteroatoms.